The van der Waals surface area contributed by atoms with E-state index in [-0.39, 0.29) is 0 Å². The Labute approximate surface area is 114 Å². The van der Waals surface area contributed by atoms with Gasteiger partial charge in [-0.05, 0) is 35.5 Å². The van der Waals surface area contributed by atoms with Crippen LogP contribution in [0.1, 0.15) is 37.3 Å². The van der Waals surface area contributed by atoms with Gasteiger partial charge in [0.2, 0.25) is 0 Å². The minimum Gasteiger partial charge on any atom is -0.349 e. The van der Waals surface area contributed by atoms with Gasteiger partial charge in [0.1, 0.15) is 0 Å². The quantitative estimate of drug-likeness (QED) is 0.835. The van der Waals surface area contributed by atoms with Crippen LogP contribution in [0.15, 0.2) is 36.0 Å². The number of nitrogens with zero attached hydrogens (tertiary/aromatic N) is 1. The Morgan fingerprint density at radius 1 is 1.33 bits per heavy atom. The van der Waals surface area contributed by atoms with Crippen LogP contribution in [0.4, 0.5) is 0 Å². The first-order valence-corrected chi connectivity index (χ1v) is 7.50. The molecular weight excluding hydrogens is 240 g/mol. The summed E-state index contributed by atoms with van der Waals surface area (Å²) in [6.07, 6.45) is 4.45. The van der Waals surface area contributed by atoms with Gasteiger partial charge in [-0.1, -0.05) is 26.8 Å². The Morgan fingerprint density at radius 2 is 2.17 bits per heavy atom. The number of rotatable bonds is 6. The molecule has 0 saturated heterocycles. The van der Waals surface area contributed by atoms with Crippen molar-refractivity contribution in [3.05, 3.63) is 46.4 Å². The van der Waals surface area contributed by atoms with E-state index in [0.29, 0.717) is 12.0 Å². The predicted molar refractivity (Wildman–Crippen MR) is 79.1 cm³/mol. The van der Waals surface area contributed by atoms with E-state index in [1.165, 1.54) is 10.4 Å². The van der Waals surface area contributed by atoms with E-state index in [1.54, 1.807) is 0 Å². The maximum absolute atomic E-state index is 3.56. The van der Waals surface area contributed by atoms with Crippen molar-refractivity contribution in [1.82, 2.24) is 9.88 Å². The summed E-state index contributed by atoms with van der Waals surface area (Å²) in [5.74, 6) is 0.613. The number of nitrogens with one attached hydrogen (secondary N) is 1. The molecule has 0 aliphatic rings. The largest absolute Gasteiger partial charge is 0.349 e. The van der Waals surface area contributed by atoms with Crippen molar-refractivity contribution in [2.24, 2.45) is 5.92 Å². The van der Waals surface area contributed by atoms with E-state index >= 15 is 0 Å². The van der Waals surface area contributed by atoms with E-state index in [2.05, 4.69) is 66.6 Å². The molecule has 98 valence electrons. The molecule has 0 aliphatic carbocycles. The van der Waals surface area contributed by atoms with Crippen molar-refractivity contribution < 1.29 is 0 Å². The summed E-state index contributed by atoms with van der Waals surface area (Å²) >= 11 is 1.82. The van der Waals surface area contributed by atoms with Crippen LogP contribution in [0, 0.1) is 5.92 Å². The standard InChI is InChI=1S/C15H22N2S/c1-4-16-15(12(2)3)13-7-8-17(10-13)11-14-6-5-9-18-14/h5-10,12,15-16H,4,11H2,1-3H3. The fourth-order valence-electron chi connectivity index (χ4n) is 2.28. The third kappa shape index (κ3) is 3.24. The highest BCUT2D eigenvalue weighted by Gasteiger charge is 2.15. The first-order chi connectivity index (χ1) is 8.70. The molecule has 2 heterocycles. The normalized spacial score (nSPS) is 13.1. The van der Waals surface area contributed by atoms with Crippen LogP contribution >= 0.6 is 11.3 Å². The molecule has 1 atom stereocenters. The third-order valence-electron chi connectivity index (χ3n) is 3.14. The number of hydrogen-bond donors (Lipinski definition) is 1. The molecule has 0 aromatic carbocycles. The fourth-order valence-corrected chi connectivity index (χ4v) is 3.00. The van der Waals surface area contributed by atoms with E-state index in [1.807, 2.05) is 11.3 Å². The van der Waals surface area contributed by atoms with Crippen LogP contribution < -0.4 is 5.32 Å². The average Bonchev–Trinajstić information content (AvgIpc) is 2.97. The Hall–Kier alpha value is -1.06. The molecule has 2 rings (SSSR count). The Kier molecular flexibility index (Phi) is 4.61. The lowest BCUT2D eigenvalue weighted by Gasteiger charge is -2.20. The van der Waals surface area contributed by atoms with Gasteiger partial charge in [-0.25, -0.2) is 0 Å². The zero-order chi connectivity index (χ0) is 13.0. The summed E-state index contributed by atoms with van der Waals surface area (Å²) < 4.78 is 2.27. The van der Waals surface area contributed by atoms with Crippen molar-refractivity contribution in [2.45, 2.75) is 33.4 Å². The van der Waals surface area contributed by atoms with Crippen molar-refractivity contribution >= 4 is 11.3 Å². The monoisotopic (exact) mass is 262 g/mol. The van der Waals surface area contributed by atoms with Crippen molar-refractivity contribution in [1.29, 1.82) is 0 Å². The maximum Gasteiger partial charge on any atom is 0.0563 e. The smallest absolute Gasteiger partial charge is 0.0563 e. The molecule has 0 aliphatic heterocycles. The highest BCUT2D eigenvalue weighted by Crippen LogP contribution is 2.22. The van der Waals surface area contributed by atoms with E-state index in [4.69, 9.17) is 0 Å². The summed E-state index contributed by atoms with van der Waals surface area (Å²) in [6.45, 7) is 8.69. The average molecular weight is 262 g/mol. The highest BCUT2D eigenvalue weighted by molar-refractivity contribution is 7.09. The molecule has 2 aromatic rings. The SMILES string of the molecule is CCNC(c1ccn(Cc2cccs2)c1)C(C)C. The molecule has 0 radical (unpaired) electrons. The number of hydrogen-bond acceptors (Lipinski definition) is 2. The molecule has 1 unspecified atom stereocenters. The van der Waals surface area contributed by atoms with Crippen LogP contribution in [-0.4, -0.2) is 11.1 Å². The van der Waals surface area contributed by atoms with E-state index in [9.17, 15) is 0 Å². The number of aromatic nitrogens is 1. The molecule has 0 spiro atoms. The summed E-state index contributed by atoms with van der Waals surface area (Å²) in [6, 6.07) is 7.00. The lowest BCUT2D eigenvalue weighted by molar-refractivity contribution is 0.421. The molecule has 0 saturated carbocycles. The van der Waals surface area contributed by atoms with Crippen LogP contribution in [0.5, 0.6) is 0 Å². The second-order valence-electron chi connectivity index (χ2n) is 4.98. The summed E-state index contributed by atoms with van der Waals surface area (Å²) in [5.41, 5.74) is 1.39. The topological polar surface area (TPSA) is 17.0 Å². The second-order valence-corrected chi connectivity index (χ2v) is 6.01. The van der Waals surface area contributed by atoms with Gasteiger partial charge in [0, 0.05) is 23.3 Å². The first-order valence-electron chi connectivity index (χ1n) is 6.62. The third-order valence-corrected chi connectivity index (χ3v) is 4.00. The minimum atomic E-state index is 0.458. The van der Waals surface area contributed by atoms with Gasteiger partial charge in [0.25, 0.3) is 0 Å². The van der Waals surface area contributed by atoms with Crippen LogP contribution in [0.3, 0.4) is 0 Å². The molecule has 18 heavy (non-hydrogen) atoms. The lowest BCUT2D eigenvalue weighted by Crippen LogP contribution is -2.25. The van der Waals surface area contributed by atoms with Crippen LogP contribution in [0.2, 0.25) is 0 Å². The van der Waals surface area contributed by atoms with Gasteiger partial charge in [-0.2, -0.15) is 0 Å². The van der Waals surface area contributed by atoms with Gasteiger partial charge in [0.05, 0.1) is 6.54 Å². The zero-order valence-electron chi connectivity index (χ0n) is 11.4. The predicted octanol–water partition coefficient (Wildman–Crippen LogP) is 3.90. The Morgan fingerprint density at radius 3 is 2.78 bits per heavy atom. The van der Waals surface area contributed by atoms with Crippen LogP contribution in [0.25, 0.3) is 0 Å². The number of thiophene rings is 1. The fraction of sp³-hybridized carbons (Fsp3) is 0.467. The second kappa shape index (κ2) is 6.21. The van der Waals surface area contributed by atoms with Gasteiger partial charge in [-0.3, -0.25) is 0 Å². The van der Waals surface area contributed by atoms with Crippen molar-refractivity contribution in [3.8, 4) is 0 Å². The molecule has 1 N–H and O–H groups in total. The van der Waals surface area contributed by atoms with E-state index < -0.39 is 0 Å². The van der Waals surface area contributed by atoms with Gasteiger partial charge >= 0.3 is 0 Å². The summed E-state index contributed by atoms with van der Waals surface area (Å²) in [4.78, 5) is 1.40. The molecular formula is C15H22N2S. The molecule has 0 fully saturated rings. The van der Waals surface area contributed by atoms with Crippen molar-refractivity contribution in [3.63, 3.8) is 0 Å². The lowest BCUT2D eigenvalue weighted by atomic mass is 9.98. The minimum absolute atomic E-state index is 0.458. The highest BCUT2D eigenvalue weighted by atomic mass is 32.1. The van der Waals surface area contributed by atoms with Gasteiger partial charge in [0.15, 0.2) is 0 Å². The maximum atomic E-state index is 3.56. The van der Waals surface area contributed by atoms with Crippen LogP contribution in [-0.2, 0) is 6.54 Å². The molecule has 0 bridgehead atoms. The molecule has 0 amide bonds. The van der Waals surface area contributed by atoms with Gasteiger partial charge < -0.3 is 9.88 Å². The first kappa shape index (κ1) is 13.4. The summed E-state index contributed by atoms with van der Waals surface area (Å²) in [5, 5.41) is 5.69. The Balaban J connectivity index is 2.08. The molecule has 2 aromatic heterocycles. The Bertz CT molecular complexity index is 457. The molecule has 3 heteroatoms. The summed E-state index contributed by atoms with van der Waals surface area (Å²) in [7, 11) is 0. The zero-order valence-corrected chi connectivity index (χ0v) is 12.2. The van der Waals surface area contributed by atoms with Gasteiger partial charge in [-0.15, -0.1) is 11.3 Å². The molecule has 2 nitrogen and oxygen atoms in total. The van der Waals surface area contributed by atoms with E-state index in [0.717, 1.165) is 13.1 Å². The van der Waals surface area contributed by atoms with Crippen molar-refractivity contribution in [2.75, 3.05) is 6.54 Å².